The number of nitriles is 1. The third-order valence-corrected chi connectivity index (χ3v) is 4.72. The van der Waals surface area contributed by atoms with Crippen molar-refractivity contribution in [3.63, 3.8) is 0 Å². The summed E-state index contributed by atoms with van der Waals surface area (Å²) in [5, 5.41) is 12.3. The smallest absolute Gasteiger partial charge is 0.266 e. The second-order valence-electron chi connectivity index (χ2n) is 5.91. The number of aryl methyl sites for hydroxylation is 1. The Balaban J connectivity index is 1.89. The predicted octanol–water partition coefficient (Wildman–Crippen LogP) is 5.35. The molecule has 0 fully saturated rings. The molecule has 5 heteroatoms. The summed E-state index contributed by atoms with van der Waals surface area (Å²) in [6.45, 7) is 2.02. The summed E-state index contributed by atoms with van der Waals surface area (Å²) in [5.74, 6) is -0.415. The molecule has 0 unspecified atom stereocenters. The number of benzene rings is 2. The van der Waals surface area contributed by atoms with Crippen molar-refractivity contribution in [1.82, 2.24) is 4.57 Å². The lowest BCUT2D eigenvalue weighted by Gasteiger charge is -2.10. The highest BCUT2D eigenvalue weighted by Crippen LogP contribution is 2.20. The molecule has 1 N–H and O–H groups in total. The first-order valence-corrected chi connectivity index (χ1v) is 9.36. The Morgan fingerprint density at radius 2 is 1.89 bits per heavy atom. The van der Waals surface area contributed by atoms with Gasteiger partial charge in [0.15, 0.2) is 0 Å². The number of aromatic nitrogens is 1. The monoisotopic (exact) mass is 419 g/mol. The third-order valence-electron chi connectivity index (χ3n) is 4.19. The van der Waals surface area contributed by atoms with Gasteiger partial charge in [0, 0.05) is 27.7 Å². The summed E-state index contributed by atoms with van der Waals surface area (Å²) in [5.41, 5.74) is 3.52. The number of hydrogen-bond donors (Lipinski definition) is 1. The van der Waals surface area contributed by atoms with Crippen molar-refractivity contribution in [2.24, 2.45) is 0 Å². The molecule has 27 heavy (non-hydrogen) atoms. The van der Waals surface area contributed by atoms with Crippen LogP contribution in [0.3, 0.4) is 0 Å². The van der Waals surface area contributed by atoms with Gasteiger partial charge >= 0.3 is 0 Å². The van der Waals surface area contributed by atoms with Crippen molar-refractivity contribution in [2.45, 2.75) is 13.3 Å². The molecule has 0 atom stereocenters. The van der Waals surface area contributed by atoms with Gasteiger partial charge in [0.25, 0.3) is 5.91 Å². The van der Waals surface area contributed by atoms with E-state index >= 15 is 0 Å². The molecule has 1 aromatic heterocycles. The topological polar surface area (TPSA) is 57.8 Å². The fourth-order valence-corrected chi connectivity index (χ4v) is 3.05. The molecule has 2 aromatic carbocycles. The van der Waals surface area contributed by atoms with Gasteiger partial charge in [-0.1, -0.05) is 41.1 Å². The molecule has 0 aliphatic carbocycles. The van der Waals surface area contributed by atoms with E-state index in [9.17, 15) is 10.1 Å². The maximum atomic E-state index is 12.6. The highest BCUT2D eigenvalue weighted by Gasteiger charge is 2.12. The summed E-state index contributed by atoms with van der Waals surface area (Å²) >= 11 is 3.42. The Morgan fingerprint density at radius 3 is 2.59 bits per heavy atom. The molecule has 0 saturated carbocycles. The molecule has 4 nitrogen and oxygen atoms in total. The van der Waals surface area contributed by atoms with Crippen LogP contribution in [0.2, 0.25) is 0 Å². The van der Waals surface area contributed by atoms with E-state index in [0.29, 0.717) is 0 Å². The van der Waals surface area contributed by atoms with E-state index in [1.54, 1.807) is 6.08 Å². The minimum Gasteiger partial charge on any atom is -0.321 e. The number of nitrogens with zero attached hydrogens (tertiary/aromatic N) is 2. The van der Waals surface area contributed by atoms with Gasteiger partial charge in [-0.3, -0.25) is 4.79 Å². The fourth-order valence-electron chi connectivity index (χ4n) is 2.79. The van der Waals surface area contributed by atoms with Crippen molar-refractivity contribution in [3.8, 4) is 11.8 Å². The number of halogens is 1. The number of rotatable bonds is 5. The van der Waals surface area contributed by atoms with Crippen molar-refractivity contribution < 1.29 is 4.79 Å². The van der Waals surface area contributed by atoms with Crippen LogP contribution in [-0.4, -0.2) is 10.5 Å². The van der Waals surface area contributed by atoms with Crippen LogP contribution in [0.1, 0.15) is 18.2 Å². The van der Waals surface area contributed by atoms with Crippen LogP contribution < -0.4 is 5.32 Å². The molecule has 0 saturated heterocycles. The number of amides is 1. The van der Waals surface area contributed by atoms with Crippen molar-refractivity contribution in [1.29, 1.82) is 5.26 Å². The Kier molecular flexibility index (Phi) is 5.90. The highest BCUT2D eigenvalue weighted by molar-refractivity contribution is 9.10. The van der Waals surface area contributed by atoms with E-state index in [1.807, 2.05) is 84.4 Å². The van der Waals surface area contributed by atoms with Crippen molar-refractivity contribution in [2.75, 3.05) is 5.32 Å². The van der Waals surface area contributed by atoms with Gasteiger partial charge in [-0.2, -0.15) is 5.26 Å². The van der Waals surface area contributed by atoms with Crippen molar-refractivity contribution >= 4 is 33.6 Å². The van der Waals surface area contributed by atoms with E-state index < -0.39 is 5.91 Å². The zero-order valence-electron chi connectivity index (χ0n) is 14.8. The number of carbonyl (C=O) groups excluding carboxylic acids is 1. The van der Waals surface area contributed by atoms with Crippen LogP contribution in [0.25, 0.3) is 11.8 Å². The van der Waals surface area contributed by atoms with E-state index in [0.717, 1.165) is 33.5 Å². The molecule has 3 aromatic rings. The van der Waals surface area contributed by atoms with E-state index in [4.69, 9.17) is 0 Å². The molecule has 1 amide bonds. The van der Waals surface area contributed by atoms with Crippen LogP contribution >= 0.6 is 15.9 Å². The zero-order chi connectivity index (χ0) is 19.2. The van der Waals surface area contributed by atoms with Gasteiger partial charge in [0.05, 0.1) is 0 Å². The van der Waals surface area contributed by atoms with Gasteiger partial charge in [-0.05, 0) is 60.5 Å². The van der Waals surface area contributed by atoms with Gasteiger partial charge < -0.3 is 9.88 Å². The van der Waals surface area contributed by atoms with Crippen LogP contribution in [-0.2, 0) is 11.2 Å². The van der Waals surface area contributed by atoms with Crippen molar-refractivity contribution in [3.05, 3.63) is 88.2 Å². The Bertz CT molecular complexity index is 1030. The number of para-hydroxylation sites is 1. The standard InChI is InChI=1S/C22H18BrN3O/c1-2-16-6-3-4-8-21(16)25-22(27)17(15-24)14-20-7-5-13-26(20)19-11-9-18(23)10-12-19/h3-14H,2H2,1H3,(H,25,27). The van der Waals surface area contributed by atoms with E-state index in [2.05, 4.69) is 21.2 Å². The molecule has 1 heterocycles. The Morgan fingerprint density at radius 1 is 1.15 bits per heavy atom. The SMILES string of the molecule is CCc1ccccc1NC(=O)C(C#N)=Cc1cccn1-c1ccc(Br)cc1. The normalized spacial score (nSPS) is 11.1. The van der Waals surface area contributed by atoms with Gasteiger partial charge in [-0.15, -0.1) is 0 Å². The van der Waals surface area contributed by atoms with E-state index in [1.165, 1.54) is 0 Å². The zero-order valence-corrected chi connectivity index (χ0v) is 16.4. The molecular weight excluding hydrogens is 402 g/mol. The van der Waals surface area contributed by atoms with Crippen LogP contribution in [0.5, 0.6) is 0 Å². The molecule has 3 rings (SSSR count). The minimum absolute atomic E-state index is 0.0537. The molecule has 0 spiro atoms. The maximum Gasteiger partial charge on any atom is 0.266 e. The number of hydrogen-bond acceptors (Lipinski definition) is 2. The summed E-state index contributed by atoms with van der Waals surface area (Å²) in [6.07, 6.45) is 4.30. The molecular formula is C22H18BrN3O. The second kappa shape index (κ2) is 8.52. The highest BCUT2D eigenvalue weighted by atomic mass is 79.9. The second-order valence-corrected chi connectivity index (χ2v) is 6.83. The fraction of sp³-hybridized carbons (Fsp3) is 0.0909. The quantitative estimate of drug-likeness (QED) is 0.447. The number of anilines is 1. The largest absolute Gasteiger partial charge is 0.321 e. The summed E-state index contributed by atoms with van der Waals surface area (Å²) in [7, 11) is 0. The van der Waals surface area contributed by atoms with Gasteiger partial charge in [0.2, 0.25) is 0 Å². The molecule has 134 valence electrons. The lowest BCUT2D eigenvalue weighted by Crippen LogP contribution is -2.15. The average molecular weight is 420 g/mol. The third kappa shape index (κ3) is 4.36. The number of nitrogens with one attached hydrogen (secondary N) is 1. The average Bonchev–Trinajstić information content (AvgIpc) is 3.15. The molecule has 0 radical (unpaired) electrons. The van der Waals surface area contributed by atoms with Crippen LogP contribution in [0.15, 0.2) is 76.9 Å². The van der Waals surface area contributed by atoms with Crippen LogP contribution in [0.4, 0.5) is 5.69 Å². The first kappa shape index (κ1) is 18.7. The maximum absolute atomic E-state index is 12.6. The lowest BCUT2D eigenvalue weighted by molar-refractivity contribution is -0.112. The lowest BCUT2D eigenvalue weighted by atomic mass is 10.1. The molecule has 0 aliphatic heterocycles. The van der Waals surface area contributed by atoms with Gasteiger partial charge in [-0.25, -0.2) is 0 Å². The summed E-state index contributed by atoms with van der Waals surface area (Å²) in [4.78, 5) is 12.6. The Hall–Kier alpha value is -3.10. The van der Waals surface area contributed by atoms with Gasteiger partial charge in [0.1, 0.15) is 11.6 Å². The predicted molar refractivity (Wildman–Crippen MR) is 112 cm³/mol. The summed E-state index contributed by atoms with van der Waals surface area (Å²) < 4.78 is 2.92. The molecule has 0 bridgehead atoms. The van der Waals surface area contributed by atoms with Crippen LogP contribution in [0, 0.1) is 11.3 Å². The van der Waals surface area contributed by atoms with E-state index in [-0.39, 0.29) is 5.57 Å². The Labute approximate surface area is 166 Å². The molecule has 0 aliphatic rings. The first-order valence-electron chi connectivity index (χ1n) is 8.56. The first-order chi connectivity index (χ1) is 13.1. The number of carbonyl (C=O) groups is 1. The summed E-state index contributed by atoms with van der Waals surface area (Å²) in [6, 6.07) is 21.2. The minimum atomic E-state index is -0.415.